The Bertz CT molecular complexity index is 1700. The molecule has 0 amide bonds. The van der Waals surface area contributed by atoms with E-state index in [4.69, 9.17) is 30.3 Å². The number of carboxylic acids is 1. The van der Waals surface area contributed by atoms with Crippen LogP contribution < -0.4 is 9.47 Å². The number of aromatic nitrogens is 1. The third-order valence-electron chi connectivity index (χ3n) is 7.40. The van der Waals surface area contributed by atoms with Gasteiger partial charge in [-0.3, -0.25) is 4.90 Å². The lowest BCUT2D eigenvalue weighted by Crippen LogP contribution is -2.35. The van der Waals surface area contributed by atoms with Crippen molar-refractivity contribution in [3.05, 3.63) is 124 Å². The molecule has 0 aliphatic carbocycles. The summed E-state index contributed by atoms with van der Waals surface area (Å²) in [5, 5.41) is 14.3. The van der Waals surface area contributed by atoms with Crippen molar-refractivity contribution in [3.8, 4) is 33.9 Å². The van der Waals surface area contributed by atoms with E-state index in [1.807, 2.05) is 84.9 Å². The Morgan fingerprint density at radius 2 is 1.43 bits per heavy atom. The van der Waals surface area contributed by atoms with Crippen LogP contribution in [0.1, 0.15) is 27.2 Å². The topological polar surface area (TPSA) is 94.3 Å². The predicted molar refractivity (Wildman–Crippen MR) is 167 cm³/mol. The van der Waals surface area contributed by atoms with Crippen LogP contribution in [-0.4, -0.2) is 47.4 Å². The molecular weight excluding hydrogens is 580 g/mol. The second-order valence-corrected chi connectivity index (χ2v) is 10.9. The smallest absolute Gasteiger partial charge is 0.358 e. The summed E-state index contributed by atoms with van der Waals surface area (Å²) in [6.45, 7) is 4.54. The molecule has 1 fully saturated rings. The standard InChI is InChI=1S/C35H31ClN2O6/c36-29-19-28(30(42-22-25-7-3-1-4-8-25)20-31(29)43-23-26-9-5-2-6-10-26)34-32(33(35(39)40)37-44-34)27-13-11-24(12-14-27)21-38-15-17-41-18-16-38/h1-14,19-20H,15-18,21-23H2,(H,39,40). The van der Waals surface area contributed by atoms with Crippen LogP contribution >= 0.6 is 11.6 Å². The first kappa shape index (κ1) is 29.4. The Hall–Kier alpha value is -4.63. The fourth-order valence-electron chi connectivity index (χ4n) is 5.09. The average Bonchev–Trinajstić information content (AvgIpc) is 3.51. The van der Waals surface area contributed by atoms with E-state index in [0.717, 1.165) is 49.5 Å². The molecule has 2 heterocycles. The number of carbonyl (C=O) groups is 1. The molecule has 224 valence electrons. The maximum atomic E-state index is 12.3. The Morgan fingerprint density at radius 1 is 0.818 bits per heavy atom. The van der Waals surface area contributed by atoms with Crippen molar-refractivity contribution in [2.45, 2.75) is 19.8 Å². The first-order valence-corrected chi connectivity index (χ1v) is 14.7. The van der Waals surface area contributed by atoms with E-state index in [1.165, 1.54) is 0 Å². The molecule has 0 atom stereocenters. The summed E-state index contributed by atoms with van der Waals surface area (Å²) in [6.07, 6.45) is 0. The molecule has 9 heteroatoms. The summed E-state index contributed by atoms with van der Waals surface area (Å²) in [7, 11) is 0. The van der Waals surface area contributed by atoms with E-state index in [-0.39, 0.29) is 18.1 Å². The normalized spacial score (nSPS) is 13.5. The molecule has 0 bridgehead atoms. The molecule has 4 aromatic carbocycles. The van der Waals surface area contributed by atoms with Crippen LogP contribution in [0.2, 0.25) is 5.02 Å². The maximum Gasteiger partial charge on any atom is 0.358 e. The van der Waals surface area contributed by atoms with Crippen molar-refractivity contribution in [1.29, 1.82) is 0 Å². The lowest BCUT2D eigenvalue weighted by molar-refractivity contribution is 0.0342. The number of ether oxygens (including phenoxy) is 3. The van der Waals surface area contributed by atoms with E-state index in [9.17, 15) is 9.90 Å². The molecule has 5 aromatic rings. The van der Waals surface area contributed by atoms with Crippen molar-refractivity contribution in [2.24, 2.45) is 0 Å². The van der Waals surface area contributed by atoms with E-state index in [1.54, 1.807) is 12.1 Å². The molecule has 8 nitrogen and oxygen atoms in total. The van der Waals surface area contributed by atoms with E-state index in [0.29, 0.717) is 39.8 Å². The number of hydrogen-bond acceptors (Lipinski definition) is 7. The van der Waals surface area contributed by atoms with E-state index in [2.05, 4.69) is 10.1 Å². The zero-order chi connectivity index (χ0) is 30.3. The average molecular weight is 611 g/mol. The number of hydrogen-bond donors (Lipinski definition) is 1. The van der Waals surface area contributed by atoms with Gasteiger partial charge in [0.15, 0.2) is 11.5 Å². The molecule has 1 saturated heterocycles. The first-order chi connectivity index (χ1) is 21.5. The quantitative estimate of drug-likeness (QED) is 0.166. The van der Waals surface area contributed by atoms with Crippen LogP contribution in [0.5, 0.6) is 11.5 Å². The third kappa shape index (κ3) is 6.94. The van der Waals surface area contributed by atoms with Gasteiger partial charge in [0, 0.05) is 25.7 Å². The molecular formula is C35H31ClN2O6. The van der Waals surface area contributed by atoms with Crippen molar-refractivity contribution in [2.75, 3.05) is 26.3 Å². The van der Waals surface area contributed by atoms with Crippen LogP contribution in [0.3, 0.4) is 0 Å². The third-order valence-corrected chi connectivity index (χ3v) is 7.70. The zero-order valence-electron chi connectivity index (χ0n) is 23.9. The van der Waals surface area contributed by atoms with Gasteiger partial charge in [0.05, 0.1) is 29.4 Å². The lowest BCUT2D eigenvalue weighted by atomic mass is 9.97. The second kappa shape index (κ2) is 13.8. The molecule has 1 aliphatic rings. The van der Waals surface area contributed by atoms with Crippen molar-refractivity contribution in [1.82, 2.24) is 10.1 Å². The Morgan fingerprint density at radius 3 is 2.05 bits per heavy atom. The molecule has 0 spiro atoms. The van der Waals surface area contributed by atoms with Crippen LogP contribution in [0.25, 0.3) is 22.5 Å². The number of aromatic carboxylic acids is 1. The minimum absolute atomic E-state index is 0.199. The highest BCUT2D eigenvalue weighted by Gasteiger charge is 2.27. The summed E-state index contributed by atoms with van der Waals surface area (Å²) in [6, 6.07) is 30.6. The van der Waals surface area contributed by atoms with Gasteiger partial charge in [0.2, 0.25) is 0 Å². The number of benzene rings is 4. The van der Waals surface area contributed by atoms with Crippen LogP contribution in [0.15, 0.2) is 102 Å². The summed E-state index contributed by atoms with van der Waals surface area (Å²) in [4.78, 5) is 14.6. The Balaban J connectivity index is 1.36. The first-order valence-electron chi connectivity index (χ1n) is 14.3. The van der Waals surface area contributed by atoms with Gasteiger partial charge in [-0.05, 0) is 28.3 Å². The van der Waals surface area contributed by atoms with Gasteiger partial charge in [-0.1, -0.05) is 102 Å². The zero-order valence-corrected chi connectivity index (χ0v) is 24.7. The highest BCUT2D eigenvalue weighted by atomic mass is 35.5. The minimum Gasteiger partial charge on any atom is -0.488 e. The van der Waals surface area contributed by atoms with Crippen LogP contribution in [0, 0.1) is 0 Å². The fourth-order valence-corrected chi connectivity index (χ4v) is 5.31. The maximum absolute atomic E-state index is 12.3. The van der Waals surface area contributed by atoms with E-state index >= 15 is 0 Å². The van der Waals surface area contributed by atoms with Crippen molar-refractivity contribution >= 4 is 17.6 Å². The molecule has 0 unspecified atom stereocenters. The second-order valence-electron chi connectivity index (χ2n) is 10.5. The SMILES string of the molecule is O=C(O)c1noc(-c2cc(Cl)c(OCc3ccccc3)cc2OCc2ccccc2)c1-c1ccc(CN2CCOCC2)cc1. The Kier molecular flexibility index (Phi) is 9.22. The van der Waals surface area contributed by atoms with Crippen LogP contribution in [0.4, 0.5) is 0 Å². The number of carboxylic acid groups (broad SMARTS) is 1. The van der Waals surface area contributed by atoms with Gasteiger partial charge in [-0.15, -0.1) is 0 Å². The van der Waals surface area contributed by atoms with Crippen molar-refractivity contribution in [3.63, 3.8) is 0 Å². The highest BCUT2D eigenvalue weighted by Crippen LogP contribution is 2.44. The fraction of sp³-hybridized carbons (Fsp3) is 0.200. The van der Waals surface area contributed by atoms with Gasteiger partial charge in [-0.25, -0.2) is 4.79 Å². The molecule has 0 saturated carbocycles. The minimum atomic E-state index is -1.20. The molecule has 1 N–H and O–H groups in total. The molecule has 0 radical (unpaired) electrons. The predicted octanol–water partition coefficient (Wildman–Crippen LogP) is 7.35. The number of nitrogens with zero attached hydrogens (tertiary/aromatic N) is 2. The van der Waals surface area contributed by atoms with Gasteiger partial charge in [0.1, 0.15) is 24.7 Å². The summed E-state index contributed by atoms with van der Waals surface area (Å²) >= 11 is 6.74. The summed E-state index contributed by atoms with van der Waals surface area (Å²) in [5.74, 6) is -0.120. The molecule has 1 aliphatic heterocycles. The van der Waals surface area contributed by atoms with Gasteiger partial charge >= 0.3 is 5.97 Å². The lowest BCUT2D eigenvalue weighted by Gasteiger charge is -2.26. The number of rotatable bonds is 11. The summed E-state index contributed by atoms with van der Waals surface area (Å²) < 4.78 is 23.6. The largest absolute Gasteiger partial charge is 0.488 e. The Labute approximate surface area is 260 Å². The van der Waals surface area contributed by atoms with E-state index < -0.39 is 5.97 Å². The van der Waals surface area contributed by atoms with Gasteiger partial charge in [0.25, 0.3) is 0 Å². The van der Waals surface area contributed by atoms with Gasteiger partial charge in [-0.2, -0.15) is 0 Å². The molecule has 44 heavy (non-hydrogen) atoms. The summed E-state index contributed by atoms with van der Waals surface area (Å²) in [5.41, 5.74) is 4.31. The van der Waals surface area contributed by atoms with Crippen LogP contribution in [-0.2, 0) is 24.5 Å². The van der Waals surface area contributed by atoms with Gasteiger partial charge < -0.3 is 23.8 Å². The monoisotopic (exact) mass is 610 g/mol. The molecule has 1 aromatic heterocycles. The molecule has 6 rings (SSSR count). The van der Waals surface area contributed by atoms with Crippen molar-refractivity contribution < 1.29 is 28.6 Å². The highest BCUT2D eigenvalue weighted by molar-refractivity contribution is 6.32. The number of halogens is 1. The number of morpholine rings is 1.